The van der Waals surface area contributed by atoms with Crippen LogP contribution >= 0.6 is 11.5 Å². The van der Waals surface area contributed by atoms with Gasteiger partial charge in [0.1, 0.15) is 10.7 Å². The third-order valence-corrected chi connectivity index (χ3v) is 2.67. The molecule has 0 bridgehead atoms. The van der Waals surface area contributed by atoms with E-state index in [4.69, 9.17) is 5.84 Å². The summed E-state index contributed by atoms with van der Waals surface area (Å²) in [6, 6.07) is 0.151. The van der Waals surface area contributed by atoms with E-state index in [0.717, 1.165) is 10.7 Å². The summed E-state index contributed by atoms with van der Waals surface area (Å²) < 4.78 is 3.80. The third-order valence-electron chi connectivity index (χ3n) is 1.97. The van der Waals surface area contributed by atoms with Gasteiger partial charge in [-0.3, -0.25) is 9.69 Å². The Labute approximate surface area is 105 Å². The second-order valence-electron chi connectivity index (χ2n) is 4.09. The number of nitrogens with one attached hydrogen (secondary N) is 2. The first-order chi connectivity index (χ1) is 8.02. The quantitative estimate of drug-likeness (QED) is 0.482. The van der Waals surface area contributed by atoms with E-state index in [2.05, 4.69) is 20.3 Å². The lowest BCUT2D eigenvalue weighted by molar-refractivity contribution is -0.122. The van der Waals surface area contributed by atoms with Crippen LogP contribution in [0.2, 0.25) is 0 Å². The highest BCUT2D eigenvalue weighted by Crippen LogP contribution is 2.16. The Balaban J connectivity index is 2.44. The van der Waals surface area contributed by atoms with Crippen LogP contribution in [0.25, 0.3) is 0 Å². The zero-order valence-electron chi connectivity index (χ0n) is 10.2. The Morgan fingerprint density at radius 1 is 1.59 bits per heavy atom. The van der Waals surface area contributed by atoms with Crippen molar-refractivity contribution in [1.82, 2.24) is 19.8 Å². The van der Waals surface area contributed by atoms with Crippen LogP contribution in [0.3, 0.4) is 0 Å². The van der Waals surface area contributed by atoms with E-state index in [1.165, 1.54) is 11.5 Å². The molecular weight excluding hydrogens is 240 g/mol. The molecule has 0 spiro atoms. The van der Waals surface area contributed by atoms with Gasteiger partial charge in [0, 0.05) is 24.1 Å². The minimum atomic E-state index is -0.00653. The Hall–Kier alpha value is -1.25. The van der Waals surface area contributed by atoms with Gasteiger partial charge in [0.2, 0.25) is 5.91 Å². The maximum Gasteiger partial charge on any atom is 0.234 e. The van der Waals surface area contributed by atoms with Gasteiger partial charge in [0.05, 0.1) is 6.54 Å². The zero-order chi connectivity index (χ0) is 12.8. The fraction of sp³-hybridized carbons (Fsp3) is 0.667. The van der Waals surface area contributed by atoms with E-state index in [-0.39, 0.29) is 11.9 Å². The number of hydrogen-bond acceptors (Lipinski definition) is 7. The van der Waals surface area contributed by atoms with Crippen LogP contribution < -0.4 is 16.6 Å². The van der Waals surface area contributed by atoms with Crippen LogP contribution in [0.1, 0.15) is 19.5 Å². The molecule has 1 heterocycles. The number of amides is 1. The molecule has 0 atom stereocenters. The highest BCUT2D eigenvalue weighted by Gasteiger charge is 2.12. The minimum absolute atomic E-state index is 0.00653. The van der Waals surface area contributed by atoms with Crippen LogP contribution in [0, 0.1) is 0 Å². The molecule has 0 aliphatic heterocycles. The van der Waals surface area contributed by atoms with Gasteiger partial charge in [-0.1, -0.05) is 4.49 Å². The monoisotopic (exact) mass is 258 g/mol. The average molecular weight is 258 g/mol. The molecule has 0 aliphatic rings. The largest absolute Gasteiger partial charge is 0.353 e. The fourth-order valence-electron chi connectivity index (χ4n) is 1.35. The smallest absolute Gasteiger partial charge is 0.234 e. The molecule has 1 aromatic rings. The van der Waals surface area contributed by atoms with E-state index in [9.17, 15) is 4.79 Å². The molecule has 96 valence electrons. The van der Waals surface area contributed by atoms with Gasteiger partial charge < -0.3 is 10.7 Å². The number of hydrazine groups is 1. The van der Waals surface area contributed by atoms with Crippen molar-refractivity contribution in [2.75, 3.05) is 19.0 Å². The number of nitrogens with zero attached hydrogens (tertiary/aromatic N) is 3. The Morgan fingerprint density at radius 2 is 2.29 bits per heavy atom. The molecule has 8 heteroatoms. The van der Waals surface area contributed by atoms with Crippen molar-refractivity contribution in [3.05, 3.63) is 5.69 Å². The standard InChI is InChI=1S/C9H18N6OS/c1-6(2)11-8(16)5-15(3)4-7-9(12-10)17-14-13-7/h6,12H,4-5,10H2,1-3H3,(H,11,16). The molecule has 0 saturated carbocycles. The fourth-order valence-corrected chi connectivity index (χ4v) is 1.83. The van der Waals surface area contributed by atoms with Gasteiger partial charge >= 0.3 is 0 Å². The van der Waals surface area contributed by atoms with Crippen molar-refractivity contribution in [1.29, 1.82) is 0 Å². The Kier molecular flexibility index (Phi) is 5.26. The van der Waals surface area contributed by atoms with Gasteiger partial charge in [0.15, 0.2) is 0 Å². The molecule has 1 aromatic heterocycles. The van der Waals surface area contributed by atoms with E-state index < -0.39 is 0 Å². The lowest BCUT2D eigenvalue weighted by atomic mass is 10.3. The number of likely N-dealkylation sites (N-methyl/N-ethyl adjacent to an activating group) is 1. The second kappa shape index (κ2) is 6.48. The number of nitrogen functional groups attached to an aromatic ring is 1. The molecule has 7 nitrogen and oxygen atoms in total. The van der Waals surface area contributed by atoms with Gasteiger partial charge in [-0.2, -0.15) is 0 Å². The van der Waals surface area contributed by atoms with Crippen molar-refractivity contribution in [2.45, 2.75) is 26.4 Å². The molecule has 1 amide bonds. The highest BCUT2D eigenvalue weighted by molar-refractivity contribution is 7.10. The van der Waals surface area contributed by atoms with Crippen molar-refractivity contribution in [3.63, 3.8) is 0 Å². The summed E-state index contributed by atoms with van der Waals surface area (Å²) in [7, 11) is 1.85. The van der Waals surface area contributed by atoms with Crippen molar-refractivity contribution in [3.8, 4) is 0 Å². The third kappa shape index (κ3) is 4.63. The molecule has 0 aromatic carbocycles. The number of hydrogen-bond donors (Lipinski definition) is 3. The number of nitrogens with two attached hydrogens (primary N) is 1. The van der Waals surface area contributed by atoms with Gasteiger partial charge in [-0.25, -0.2) is 5.84 Å². The molecule has 0 aliphatic carbocycles. The summed E-state index contributed by atoms with van der Waals surface area (Å²) >= 11 is 1.20. The first-order valence-electron chi connectivity index (χ1n) is 5.28. The average Bonchev–Trinajstić information content (AvgIpc) is 2.63. The summed E-state index contributed by atoms with van der Waals surface area (Å²) in [5.74, 6) is 5.31. The minimum Gasteiger partial charge on any atom is -0.353 e. The van der Waals surface area contributed by atoms with E-state index >= 15 is 0 Å². The zero-order valence-corrected chi connectivity index (χ0v) is 11.0. The first-order valence-corrected chi connectivity index (χ1v) is 6.06. The SMILES string of the molecule is CC(C)NC(=O)CN(C)Cc1nnsc1NN. The topological polar surface area (TPSA) is 96.2 Å². The molecular formula is C9H18N6OS. The van der Waals surface area contributed by atoms with E-state index in [1.807, 2.05) is 25.8 Å². The predicted octanol–water partition coefficient (Wildman–Crippen LogP) is -0.220. The summed E-state index contributed by atoms with van der Waals surface area (Å²) in [5.41, 5.74) is 3.28. The highest BCUT2D eigenvalue weighted by atomic mass is 32.1. The predicted molar refractivity (Wildman–Crippen MR) is 67.3 cm³/mol. The first kappa shape index (κ1) is 13.8. The maximum absolute atomic E-state index is 11.5. The Morgan fingerprint density at radius 3 is 2.88 bits per heavy atom. The lowest BCUT2D eigenvalue weighted by Crippen LogP contribution is -2.38. The maximum atomic E-state index is 11.5. The van der Waals surface area contributed by atoms with E-state index in [1.54, 1.807) is 0 Å². The number of carbonyl (C=O) groups excluding carboxylic acids is 1. The normalized spacial score (nSPS) is 10.9. The summed E-state index contributed by atoms with van der Waals surface area (Å²) in [6.45, 7) is 4.71. The molecule has 0 radical (unpaired) electrons. The number of rotatable bonds is 6. The van der Waals surface area contributed by atoms with Gasteiger partial charge in [-0.05, 0) is 20.9 Å². The molecule has 0 unspecified atom stereocenters. The van der Waals surface area contributed by atoms with E-state index in [0.29, 0.717) is 13.1 Å². The molecule has 17 heavy (non-hydrogen) atoms. The van der Waals surface area contributed by atoms with Crippen molar-refractivity contribution >= 4 is 22.4 Å². The van der Waals surface area contributed by atoms with Crippen LogP contribution in [-0.2, 0) is 11.3 Å². The van der Waals surface area contributed by atoms with Crippen molar-refractivity contribution in [2.24, 2.45) is 5.84 Å². The molecule has 4 N–H and O–H groups in total. The van der Waals surface area contributed by atoms with Crippen molar-refractivity contribution < 1.29 is 4.79 Å². The van der Waals surface area contributed by atoms with Crippen LogP contribution in [-0.4, -0.2) is 40.0 Å². The summed E-state index contributed by atoms with van der Waals surface area (Å²) in [6.07, 6.45) is 0. The molecule has 0 saturated heterocycles. The number of aromatic nitrogens is 2. The van der Waals surface area contributed by atoms with Crippen LogP contribution in [0.15, 0.2) is 0 Å². The second-order valence-corrected chi connectivity index (χ2v) is 4.84. The summed E-state index contributed by atoms with van der Waals surface area (Å²) in [4.78, 5) is 13.4. The molecule has 0 fully saturated rings. The number of anilines is 1. The van der Waals surface area contributed by atoms with Crippen LogP contribution in [0.4, 0.5) is 5.00 Å². The summed E-state index contributed by atoms with van der Waals surface area (Å²) in [5, 5.41) is 7.50. The Bertz CT molecular complexity index is 366. The molecule has 1 rings (SSSR count). The number of carbonyl (C=O) groups is 1. The lowest BCUT2D eigenvalue weighted by Gasteiger charge is -2.16. The van der Waals surface area contributed by atoms with Gasteiger partial charge in [-0.15, -0.1) is 5.10 Å². The van der Waals surface area contributed by atoms with Crippen LogP contribution in [0.5, 0.6) is 0 Å². The van der Waals surface area contributed by atoms with Gasteiger partial charge in [0.25, 0.3) is 0 Å².